The van der Waals surface area contributed by atoms with Gasteiger partial charge in [0.2, 0.25) is 0 Å². The number of rotatable bonds is 7. The van der Waals surface area contributed by atoms with Gasteiger partial charge in [0.25, 0.3) is 0 Å². The lowest BCUT2D eigenvalue weighted by atomic mass is 9.94. The molecule has 6 nitrogen and oxygen atoms in total. The van der Waals surface area contributed by atoms with Gasteiger partial charge in [0.05, 0.1) is 23.4 Å². The molecule has 4 rings (SSSR count). The Morgan fingerprint density at radius 3 is 2.60 bits per heavy atom. The molecule has 0 radical (unpaired) electrons. The van der Waals surface area contributed by atoms with Gasteiger partial charge in [-0.3, -0.25) is 4.98 Å². The Balaban J connectivity index is 1.90. The molecule has 0 aliphatic carbocycles. The summed E-state index contributed by atoms with van der Waals surface area (Å²) in [6.07, 6.45) is 1.71. The number of hydrogen-bond donors (Lipinski definition) is 0. The Labute approximate surface area is 179 Å². The molecule has 0 atom stereocenters. The standard InChI is InChI=1S/C23H22N4O2S/c1-3-27-15-24-26-23(27)30-14-19-21(22(28)29-4-2)20(16-10-6-5-7-11-16)17-12-8-9-13-18(17)25-19/h5-13,15H,3-4,14H2,1-2H3. The summed E-state index contributed by atoms with van der Waals surface area (Å²) in [6, 6.07) is 17.8. The van der Waals surface area contributed by atoms with E-state index in [2.05, 4.69) is 10.2 Å². The number of ether oxygens (including phenoxy) is 1. The van der Waals surface area contributed by atoms with Crippen LogP contribution in [0.1, 0.15) is 29.9 Å². The van der Waals surface area contributed by atoms with E-state index < -0.39 is 0 Å². The van der Waals surface area contributed by atoms with Crippen molar-refractivity contribution in [3.05, 3.63) is 72.2 Å². The molecule has 0 saturated carbocycles. The highest BCUT2D eigenvalue weighted by Gasteiger charge is 2.23. The zero-order chi connectivity index (χ0) is 20.9. The lowest BCUT2D eigenvalue weighted by Crippen LogP contribution is -2.12. The van der Waals surface area contributed by atoms with Crippen molar-refractivity contribution in [3.63, 3.8) is 0 Å². The van der Waals surface area contributed by atoms with Crippen molar-refractivity contribution < 1.29 is 9.53 Å². The Morgan fingerprint density at radius 2 is 1.83 bits per heavy atom. The molecule has 0 unspecified atom stereocenters. The molecule has 4 aromatic rings. The van der Waals surface area contributed by atoms with E-state index in [0.717, 1.165) is 33.7 Å². The molecule has 0 saturated heterocycles. The summed E-state index contributed by atoms with van der Waals surface area (Å²) >= 11 is 1.51. The number of carbonyl (C=O) groups is 1. The highest BCUT2D eigenvalue weighted by molar-refractivity contribution is 7.98. The molecule has 30 heavy (non-hydrogen) atoms. The number of benzene rings is 2. The molecule has 7 heteroatoms. The summed E-state index contributed by atoms with van der Waals surface area (Å²) in [5.74, 6) is 0.125. The monoisotopic (exact) mass is 418 g/mol. The number of aromatic nitrogens is 4. The van der Waals surface area contributed by atoms with Gasteiger partial charge in [-0.1, -0.05) is 60.3 Å². The SMILES string of the molecule is CCOC(=O)c1c(CSc2nncn2CC)nc2ccccc2c1-c1ccccc1. The summed E-state index contributed by atoms with van der Waals surface area (Å²) in [7, 11) is 0. The van der Waals surface area contributed by atoms with Crippen LogP contribution in [-0.4, -0.2) is 32.3 Å². The molecule has 0 N–H and O–H groups in total. The van der Waals surface area contributed by atoms with Gasteiger partial charge in [-0.05, 0) is 25.5 Å². The Kier molecular flexibility index (Phi) is 6.09. The first-order valence-electron chi connectivity index (χ1n) is 9.87. The summed E-state index contributed by atoms with van der Waals surface area (Å²) in [4.78, 5) is 17.9. The second kappa shape index (κ2) is 9.09. The maximum Gasteiger partial charge on any atom is 0.340 e. The summed E-state index contributed by atoms with van der Waals surface area (Å²) in [5, 5.41) is 9.90. The van der Waals surface area contributed by atoms with Gasteiger partial charge in [-0.25, -0.2) is 4.79 Å². The number of carbonyl (C=O) groups excluding carboxylic acids is 1. The molecule has 0 fully saturated rings. The van der Waals surface area contributed by atoms with Gasteiger partial charge in [0.15, 0.2) is 5.16 Å². The van der Waals surface area contributed by atoms with Crippen molar-refractivity contribution in [1.29, 1.82) is 0 Å². The van der Waals surface area contributed by atoms with Crippen molar-refractivity contribution in [2.75, 3.05) is 6.61 Å². The first kappa shape index (κ1) is 20.1. The minimum atomic E-state index is -0.359. The Morgan fingerprint density at radius 1 is 1.07 bits per heavy atom. The van der Waals surface area contributed by atoms with E-state index >= 15 is 0 Å². The maximum absolute atomic E-state index is 13.1. The lowest BCUT2D eigenvalue weighted by molar-refractivity contribution is 0.0526. The van der Waals surface area contributed by atoms with Crippen LogP contribution in [-0.2, 0) is 17.0 Å². The van der Waals surface area contributed by atoms with Crippen molar-refractivity contribution in [3.8, 4) is 11.1 Å². The van der Waals surface area contributed by atoms with E-state index in [-0.39, 0.29) is 5.97 Å². The Hall–Kier alpha value is -3.19. The topological polar surface area (TPSA) is 69.9 Å². The predicted molar refractivity (Wildman–Crippen MR) is 118 cm³/mol. The third kappa shape index (κ3) is 3.93. The van der Waals surface area contributed by atoms with E-state index in [1.807, 2.05) is 73.0 Å². The molecule has 2 heterocycles. The third-order valence-corrected chi connectivity index (χ3v) is 5.76. The number of para-hydroxylation sites is 1. The second-order valence-electron chi connectivity index (χ2n) is 6.60. The number of nitrogens with zero attached hydrogens (tertiary/aromatic N) is 4. The van der Waals surface area contributed by atoms with Gasteiger partial charge >= 0.3 is 5.97 Å². The highest BCUT2D eigenvalue weighted by atomic mass is 32.2. The van der Waals surface area contributed by atoms with Gasteiger partial charge in [0, 0.05) is 23.2 Å². The number of aryl methyl sites for hydroxylation is 1. The van der Waals surface area contributed by atoms with E-state index in [9.17, 15) is 4.79 Å². The van der Waals surface area contributed by atoms with Gasteiger partial charge in [-0.15, -0.1) is 10.2 Å². The van der Waals surface area contributed by atoms with E-state index in [0.29, 0.717) is 23.6 Å². The maximum atomic E-state index is 13.1. The van der Waals surface area contributed by atoms with Crippen molar-refractivity contribution in [1.82, 2.24) is 19.7 Å². The predicted octanol–water partition coefficient (Wildman–Crippen LogP) is 4.98. The van der Waals surface area contributed by atoms with Crippen LogP contribution in [0.3, 0.4) is 0 Å². The van der Waals surface area contributed by atoms with E-state index in [1.54, 1.807) is 6.33 Å². The molecule has 0 aliphatic heterocycles. The van der Waals surface area contributed by atoms with Crippen LogP contribution in [0.5, 0.6) is 0 Å². The fourth-order valence-corrected chi connectivity index (χ4v) is 4.32. The number of hydrogen-bond acceptors (Lipinski definition) is 6. The quantitative estimate of drug-likeness (QED) is 0.311. The third-order valence-electron chi connectivity index (χ3n) is 4.77. The molecule has 2 aromatic heterocycles. The normalized spacial score (nSPS) is 11.0. The van der Waals surface area contributed by atoms with Crippen molar-refractivity contribution in [2.24, 2.45) is 0 Å². The number of fused-ring (bicyclic) bond motifs is 1. The van der Waals surface area contributed by atoms with Gasteiger partial charge < -0.3 is 9.30 Å². The minimum Gasteiger partial charge on any atom is -0.462 e. The average Bonchev–Trinajstić information content (AvgIpc) is 3.25. The lowest BCUT2D eigenvalue weighted by Gasteiger charge is -2.16. The first-order valence-corrected chi connectivity index (χ1v) is 10.9. The minimum absolute atomic E-state index is 0.302. The number of esters is 1. The summed E-state index contributed by atoms with van der Waals surface area (Å²) in [5.41, 5.74) is 3.85. The van der Waals surface area contributed by atoms with Crippen LogP contribution in [0, 0.1) is 0 Å². The smallest absolute Gasteiger partial charge is 0.340 e. The molecule has 0 amide bonds. The highest BCUT2D eigenvalue weighted by Crippen LogP contribution is 2.35. The van der Waals surface area contributed by atoms with Crippen LogP contribution >= 0.6 is 11.8 Å². The van der Waals surface area contributed by atoms with Crippen molar-refractivity contribution in [2.45, 2.75) is 31.3 Å². The average molecular weight is 419 g/mol. The molecule has 0 aliphatic rings. The largest absolute Gasteiger partial charge is 0.462 e. The fourth-order valence-electron chi connectivity index (χ4n) is 3.40. The second-order valence-corrected chi connectivity index (χ2v) is 7.54. The van der Waals surface area contributed by atoms with Crippen LogP contribution in [0.2, 0.25) is 0 Å². The van der Waals surface area contributed by atoms with Crippen LogP contribution < -0.4 is 0 Å². The fraction of sp³-hybridized carbons (Fsp3) is 0.217. The van der Waals surface area contributed by atoms with Crippen molar-refractivity contribution >= 4 is 28.6 Å². The van der Waals surface area contributed by atoms with Crippen LogP contribution in [0.15, 0.2) is 66.1 Å². The van der Waals surface area contributed by atoms with E-state index in [1.165, 1.54) is 11.8 Å². The Bertz CT molecular complexity index is 1170. The van der Waals surface area contributed by atoms with Crippen LogP contribution in [0.25, 0.3) is 22.0 Å². The number of pyridine rings is 1. The molecule has 0 bridgehead atoms. The first-order chi connectivity index (χ1) is 14.7. The molecule has 152 valence electrons. The van der Waals surface area contributed by atoms with Gasteiger partial charge in [-0.2, -0.15) is 0 Å². The van der Waals surface area contributed by atoms with Crippen LogP contribution in [0.4, 0.5) is 0 Å². The zero-order valence-corrected chi connectivity index (χ0v) is 17.7. The summed E-state index contributed by atoms with van der Waals surface area (Å²) < 4.78 is 7.41. The van der Waals surface area contributed by atoms with E-state index in [4.69, 9.17) is 9.72 Å². The zero-order valence-electron chi connectivity index (χ0n) is 16.9. The summed E-state index contributed by atoms with van der Waals surface area (Å²) in [6.45, 7) is 4.93. The van der Waals surface area contributed by atoms with Gasteiger partial charge in [0.1, 0.15) is 6.33 Å². The molecule has 2 aromatic carbocycles. The molecule has 0 spiro atoms. The molecular formula is C23H22N4O2S. The number of thioether (sulfide) groups is 1. The molecular weight excluding hydrogens is 396 g/mol.